The summed E-state index contributed by atoms with van der Waals surface area (Å²) in [4.78, 5) is 26.3. The SMILES string of the molecule is Cc1ccc(-n2cccc2/C=C2/NC(=O)N(c3cccc(Cl)c3)C2=O)cc1C. The highest BCUT2D eigenvalue weighted by Crippen LogP contribution is 2.25. The molecule has 0 unspecified atom stereocenters. The van der Waals surface area contributed by atoms with Crippen LogP contribution in [0.1, 0.15) is 16.8 Å². The molecule has 1 fully saturated rings. The molecule has 140 valence electrons. The van der Waals surface area contributed by atoms with E-state index < -0.39 is 11.9 Å². The van der Waals surface area contributed by atoms with Gasteiger partial charge in [0.15, 0.2) is 0 Å². The van der Waals surface area contributed by atoms with Crippen LogP contribution < -0.4 is 10.2 Å². The van der Waals surface area contributed by atoms with Crippen LogP contribution in [0.25, 0.3) is 11.8 Å². The van der Waals surface area contributed by atoms with Crippen LogP contribution in [-0.4, -0.2) is 16.5 Å². The van der Waals surface area contributed by atoms with Crippen molar-refractivity contribution in [3.8, 4) is 5.69 Å². The number of nitrogens with zero attached hydrogens (tertiary/aromatic N) is 2. The lowest BCUT2D eigenvalue weighted by molar-refractivity contribution is -0.113. The molecule has 28 heavy (non-hydrogen) atoms. The number of hydrogen-bond donors (Lipinski definition) is 1. The topological polar surface area (TPSA) is 54.3 Å². The number of imide groups is 1. The molecule has 0 saturated carbocycles. The van der Waals surface area contributed by atoms with E-state index in [0.717, 1.165) is 16.3 Å². The number of urea groups is 1. The summed E-state index contributed by atoms with van der Waals surface area (Å²) in [6.07, 6.45) is 3.60. The van der Waals surface area contributed by atoms with Crippen molar-refractivity contribution in [3.63, 3.8) is 0 Å². The monoisotopic (exact) mass is 391 g/mol. The lowest BCUT2D eigenvalue weighted by atomic mass is 10.1. The van der Waals surface area contributed by atoms with Crippen molar-refractivity contribution in [2.45, 2.75) is 13.8 Å². The number of halogens is 1. The summed E-state index contributed by atoms with van der Waals surface area (Å²) < 4.78 is 1.97. The van der Waals surface area contributed by atoms with Gasteiger partial charge in [0, 0.05) is 22.6 Å². The van der Waals surface area contributed by atoms with Crippen molar-refractivity contribution < 1.29 is 9.59 Å². The molecule has 1 aliphatic heterocycles. The molecule has 2 heterocycles. The molecule has 0 aliphatic carbocycles. The number of hydrogen-bond acceptors (Lipinski definition) is 2. The van der Waals surface area contributed by atoms with E-state index in [1.54, 1.807) is 30.3 Å². The summed E-state index contributed by atoms with van der Waals surface area (Å²) in [5.74, 6) is -0.417. The summed E-state index contributed by atoms with van der Waals surface area (Å²) in [5, 5.41) is 3.11. The van der Waals surface area contributed by atoms with E-state index in [2.05, 4.69) is 31.3 Å². The molecule has 4 rings (SSSR count). The second-order valence-electron chi connectivity index (χ2n) is 6.68. The number of carbonyl (C=O) groups excluding carboxylic acids is 2. The molecular formula is C22H18ClN3O2. The highest BCUT2D eigenvalue weighted by Gasteiger charge is 2.35. The Hall–Kier alpha value is -3.31. The average molecular weight is 392 g/mol. The number of aromatic nitrogens is 1. The van der Waals surface area contributed by atoms with Gasteiger partial charge in [0.2, 0.25) is 0 Å². The zero-order valence-electron chi connectivity index (χ0n) is 15.4. The minimum Gasteiger partial charge on any atom is -0.317 e. The quantitative estimate of drug-likeness (QED) is 0.512. The maximum Gasteiger partial charge on any atom is 0.333 e. The van der Waals surface area contributed by atoms with Crippen molar-refractivity contribution >= 4 is 35.3 Å². The summed E-state index contributed by atoms with van der Waals surface area (Å²) in [5.41, 5.74) is 4.83. The van der Waals surface area contributed by atoms with Gasteiger partial charge in [0.25, 0.3) is 5.91 Å². The Morgan fingerprint density at radius 3 is 2.50 bits per heavy atom. The maximum absolute atomic E-state index is 12.8. The van der Waals surface area contributed by atoms with Gasteiger partial charge in [-0.15, -0.1) is 0 Å². The first-order chi connectivity index (χ1) is 13.4. The van der Waals surface area contributed by atoms with Gasteiger partial charge < -0.3 is 9.88 Å². The van der Waals surface area contributed by atoms with Gasteiger partial charge in [-0.05, 0) is 73.5 Å². The van der Waals surface area contributed by atoms with E-state index in [1.165, 1.54) is 11.1 Å². The van der Waals surface area contributed by atoms with E-state index in [-0.39, 0.29) is 5.70 Å². The van der Waals surface area contributed by atoms with Gasteiger partial charge in [-0.25, -0.2) is 9.69 Å². The van der Waals surface area contributed by atoms with Crippen LogP contribution in [0.15, 0.2) is 66.5 Å². The predicted octanol–water partition coefficient (Wildman–Crippen LogP) is 4.84. The minimum absolute atomic E-state index is 0.216. The molecule has 5 nitrogen and oxygen atoms in total. The molecule has 1 aliphatic rings. The molecular weight excluding hydrogens is 374 g/mol. The van der Waals surface area contributed by atoms with E-state index in [9.17, 15) is 9.59 Å². The number of benzene rings is 2. The molecule has 1 saturated heterocycles. The molecule has 1 aromatic heterocycles. The molecule has 2 aromatic carbocycles. The molecule has 6 heteroatoms. The lowest BCUT2D eigenvalue weighted by Gasteiger charge is -2.12. The summed E-state index contributed by atoms with van der Waals surface area (Å²) in [6, 6.07) is 16.1. The molecule has 1 N–H and O–H groups in total. The Kier molecular flexibility index (Phi) is 4.53. The lowest BCUT2D eigenvalue weighted by Crippen LogP contribution is -2.30. The fourth-order valence-electron chi connectivity index (χ4n) is 3.15. The summed E-state index contributed by atoms with van der Waals surface area (Å²) in [7, 11) is 0. The predicted molar refractivity (Wildman–Crippen MR) is 111 cm³/mol. The Labute approximate surface area is 167 Å². The first-order valence-electron chi connectivity index (χ1n) is 8.82. The fourth-order valence-corrected chi connectivity index (χ4v) is 3.34. The Morgan fingerprint density at radius 1 is 0.929 bits per heavy atom. The normalized spacial score (nSPS) is 15.4. The highest BCUT2D eigenvalue weighted by atomic mass is 35.5. The Bertz CT molecular complexity index is 1130. The van der Waals surface area contributed by atoms with Gasteiger partial charge in [0.1, 0.15) is 5.70 Å². The van der Waals surface area contributed by atoms with E-state index in [1.807, 2.05) is 29.0 Å². The van der Waals surface area contributed by atoms with Gasteiger partial charge in [-0.3, -0.25) is 4.79 Å². The van der Waals surface area contributed by atoms with Crippen LogP contribution in [0.3, 0.4) is 0 Å². The van der Waals surface area contributed by atoms with Gasteiger partial charge in [-0.2, -0.15) is 0 Å². The molecule has 3 amide bonds. The first kappa shape index (κ1) is 18.1. The van der Waals surface area contributed by atoms with Crippen LogP contribution in [0.5, 0.6) is 0 Å². The van der Waals surface area contributed by atoms with E-state index >= 15 is 0 Å². The second-order valence-corrected chi connectivity index (χ2v) is 7.12. The third-order valence-corrected chi connectivity index (χ3v) is 5.02. The van der Waals surface area contributed by atoms with E-state index in [0.29, 0.717) is 10.7 Å². The van der Waals surface area contributed by atoms with Gasteiger partial charge >= 0.3 is 6.03 Å². The van der Waals surface area contributed by atoms with Crippen molar-refractivity contribution in [1.82, 2.24) is 9.88 Å². The minimum atomic E-state index is -0.497. The van der Waals surface area contributed by atoms with Crippen LogP contribution >= 0.6 is 11.6 Å². The van der Waals surface area contributed by atoms with Crippen molar-refractivity contribution in [1.29, 1.82) is 0 Å². The number of anilines is 1. The summed E-state index contributed by atoms with van der Waals surface area (Å²) >= 11 is 6.00. The van der Waals surface area contributed by atoms with Crippen LogP contribution in [0, 0.1) is 13.8 Å². The zero-order chi connectivity index (χ0) is 19.8. The molecule has 0 atom stereocenters. The summed E-state index contributed by atoms with van der Waals surface area (Å²) in [6.45, 7) is 4.12. The highest BCUT2D eigenvalue weighted by molar-refractivity contribution is 6.32. The maximum atomic E-state index is 12.8. The van der Waals surface area contributed by atoms with Crippen LogP contribution in [0.4, 0.5) is 10.5 Å². The first-order valence-corrected chi connectivity index (χ1v) is 9.19. The van der Waals surface area contributed by atoms with Crippen molar-refractivity contribution in [2.75, 3.05) is 4.90 Å². The third-order valence-electron chi connectivity index (χ3n) is 4.79. The second kappa shape index (κ2) is 7.02. The van der Waals surface area contributed by atoms with Crippen molar-refractivity contribution in [2.24, 2.45) is 0 Å². The van der Waals surface area contributed by atoms with Gasteiger partial charge in [-0.1, -0.05) is 23.7 Å². The molecule has 0 radical (unpaired) electrons. The molecule has 0 bridgehead atoms. The molecule has 3 aromatic rings. The van der Waals surface area contributed by atoms with Crippen LogP contribution in [-0.2, 0) is 4.79 Å². The number of aryl methyl sites for hydroxylation is 2. The number of carbonyl (C=O) groups is 2. The zero-order valence-corrected chi connectivity index (χ0v) is 16.2. The fraction of sp³-hybridized carbons (Fsp3) is 0.0909. The number of rotatable bonds is 3. The Morgan fingerprint density at radius 2 is 1.75 bits per heavy atom. The standard InChI is InChI=1S/C22H18ClN3O2/c1-14-8-9-18(11-15(14)2)25-10-4-7-17(25)13-20-21(27)26(22(28)24-20)19-6-3-5-16(23)12-19/h3-13H,1-2H3,(H,24,28)/b20-13+. The largest absolute Gasteiger partial charge is 0.333 e. The third kappa shape index (κ3) is 3.21. The van der Waals surface area contributed by atoms with Gasteiger partial charge in [0.05, 0.1) is 5.69 Å². The van der Waals surface area contributed by atoms with E-state index in [4.69, 9.17) is 11.6 Å². The average Bonchev–Trinajstić information content (AvgIpc) is 3.22. The number of amides is 3. The molecule has 0 spiro atoms. The Balaban J connectivity index is 1.69. The number of nitrogens with one attached hydrogen (secondary N) is 1. The van der Waals surface area contributed by atoms with Crippen LogP contribution in [0.2, 0.25) is 5.02 Å². The van der Waals surface area contributed by atoms with Crippen molar-refractivity contribution in [3.05, 3.63) is 88.3 Å². The smallest absolute Gasteiger partial charge is 0.317 e.